The van der Waals surface area contributed by atoms with Crippen LogP contribution in [-0.4, -0.2) is 50.4 Å². The van der Waals surface area contributed by atoms with E-state index in [1.165, 1.54) is 17.7 Å². The molecule has 0 spiro atoms. The van der Waals surface area contributed by atoms with Crippen LogP contribution >= 0.6 is 0 Å². The fourth-order valence-electron chi connectivity index (χ4n) is 5.79. The van der Waals surface area contributed by atoms with Crippen LogP contribution in [0.3, 0.4) is 0 Å². The molecule has 0 amide bonds. The maximum atomic E-state index is 11.8. The van der Waals surface area contributed by atoms with Crippen molar-refractivity contribution in [2.45, 2.75) is 64.8 Å². The Hall–Kier alpha value is -3.19. The number of rotatable bonds is 8. The van der Waals surface area contributed by atoms with Gasteiger partial charge in [0.05, 0.1) is 17.8 Å². The van der Waals surface area contributed by atoms with E-state index in [0.29, 0.717) is 5.92 Å². The average molecular weight is 488 g/mol. The van der Waals surface area contributed by atoms with E-state index in [0.717, 1.165) is 80.2 Å². The van der Waals surface area contributed by atoms with E-state index in [1.54, 1.807) is 0 Å². The first kappa shape index (κ1) is 24.5. The van der Waals surface area contributed by atoms with Crippen molar-refractivity contribution in [3.63, 3.8) is 0 Å². The molecule has 7 heteroatoms. The highest BCUT2D eigenvalue weighted by Crippen LogP contribution is 2.32. The van der Waals surface area contributed by atoms with Crippen LogP contribution in [0.2, 0.25) is 0 Å². The predicted octanol–water partition coefficient (Wildman–Crippen LogP) is 5.10. The van der Waals surface area contributed by atoms with E-state index in [4.69, 9.17) is 4.98 Å². The van der Waals surface area contributed by atoms with E-state index >= 15 is 0 Å². The Balaban J connectivity index is 1.23. The maximum absolute atomic E-state index is 11.8. The number of pyridine rings is 1. The molecule has 2 aliphatic rings. The molecule has 1 saturated heterocycles. The van der Waals surface area contributed by atoms with E-state index < -0.39 is 5.97 Å². The van der Waals surface area contributed by atoms with Gasteiger partial charge in [-0.3, -0.25) is 9.69 Å². The van der Waals surface area contributed by atoms with Gasteiger partial charge in [-0.25, -0.2) is 9.67 Å². The van der Waals surface area contributed by atoms with Gasteiger partial charge in [0.15, 0.2) is 0 Å². The Morgan fingerprint density at radius 2 is 2.00 bits per heavy atom. The van der Waals surface area contributed by atoms with Gasteiger partial charge in [0, 0.05) is 24.0 Å². The molecule has 2 aromatic heterocycles. The van der Waals surface area contributed by atoms with Crippen LogP contribution in [0, 0.1) is 19.8 Å². The van der Waals surface area contributed by atoms with Crippen molar-refractivity contribution in [1.29, 1.82) is 0 Å². The second-order valence-corrected chi connectivity index (χ2v) is 10.4. The number of carboxylic acids is 1. The monoisotopic (exact) mass is 487 g/mol. The lowest BCUT2D eigenvalue weighted by Crippen LogP contribution is -2.38. The molecule has 0 bridgehead atoms. The van der Waals surface area contributed by atoms with Gasteiger partial charge in [0.1, 0.15) is 5.82 Å². The first-order valence-corrected chi connectivity index (χ1v) is 13.3. The number of anilines is 1. The summed E-state index contributed by atoms with van der Waals surface area (Å²) in [6, 6.07) is 14.6. The molecule has 1 atom stereocenters. The Kier molecular flexibility index (Phi) is 7.37. The molecule has 36 heavy (non-hydrogen) atoms. The van der Waals surface area contributed by atoms with Crippen LogP contribution in [0.25, 0.3) is 5.69 Å². The number of hydrogen-bond donors (Lipinski definition) is 2. The number of piperidine rings is 1. The molecule has 7 nitrogen and oxygen atoms in total. The van der Waals surface area contributed by atoms with Crippen LogP contribution in [-0.2, 0) is 17.6 Å². The normalized spacial score (nSPS) is 17.4. The molecule has 2 aliphatic heterocycles. The van der Waals surface area contributed by atoms with Gasteiger partial charge in [0.2, 0.25) is 0 Å². The van der Waals surface area contributed by atoms with Gasteiger partial charge in [-0.1, -0.05) is 18.2 Å². The lowest BCUT2D eigenvalue weighted by molar-refractivity contribution is -0.138. The van der Waals surface area contributed by atoms with Gasteiger partial charge in [-0.05, 0) is 107 Å². The average Bonchev–Trinajstić information content (AvgIpc) is 3.24. The van der Waals surface area contributed by atoms with Crippen molar-refractivity contribution in [2.75, 3.05) is 25.0 Å². The van der Waals surface area contributed by atoms with E-state index in [9.17, 15) is 9.90 Å². The van der Waals surface area contributed by atoms with Crippen LogP contribution in [0.5, 0.6) is 0 Å². The predicted molar refractivity (Wildman–Crippen MR) is 142 cm³/mol. The number of nitrogens with one attached hydrogen (secondary N) is 1. The zero-order valence-corrected chi connectivity index (χ0v) is 21.4. The molecular weight excluding hydrogens is 450 g/mol. The van der Waals surface area contributed by atoms with Gasteiger partial charge in [0.25, 0.3) is 0 Å². The summed E-state index contributed by atoms with van der Waals surface area (Å²) < 4.78 is 1.94. The number of fused-ring (bicyclic) bond motifs is 1. The van der Waals surface area contributed by atoms with E-state index in [2.05, 4.69) is 45.6 Å². The third-order valence-corrected chi connectivity index (χ3v) is 7.73. The van der Waals surface area contributed by atoms with E-state index in [1.807, 2.05) is 30.7 Å². The Bertz CT molecular complexity index is 1210. The lowest BCUT2D eigenvalue weighted by Gasteiger charge is -2.37. The number of aromatic nitrogens is 3. The molecule has 5 rings (SSSR count). The van der Waals surface area contributed by atoms with Crippen molar-refractivity contribution in [2.24, 2.45) is 5.92 Å². The molecule has 0 radical (unpaired) electrons. The second kappa shape index (κ2) is 10.8. The molecule has 190 valence electrons. The number of benzene rings is 1. The van der Waals surface area contributed by atoms with Gasteiger partial charge < -0.3 is 10.4 Å². The molecule has 3 aromatic rings. The number of likely N-dealkylation sites (tertiary alicyclic amines) is 1. The highest BCUT2D eigenvalue weighted by molar-refractivity contribution is 5.68. The summed E-state index contributed by atoms with van der Waals surface area (Å²) in [7, 11) is 0. The van der Waals surface area contributed by atoms with Gasteiger partial charge in [-0.2, -0.15) is 5.10 Å². The largest absolute Gasteiger partial charge is 0.481 e. The molecule has 0 saturated carbocycles. The molecule has 1 unspecified atom stereocenters. The summed E-state index contributed by atoms with van der Waals surface area (Å²) in [5, 5.41) is 17.7. The van der Waals surface area contributed by atoms with Crippen molar-refractivity contribution < 1.29 is 9.90 Å². The Morgan fingerprint density at radius 1 is 1.17 bits per heavy atom. The van der Waals surface area contributed by atoms with Crippen LogP contribution in [0.15, 0.2) is 42.5 Å². The molecule has 4 heterocycles. The summed E-state index contributed by atoms with van der Waals surface area (Å²) in [5.74, 6) is 0.970. The molecule has 2 N–H and O–H groups in total. The standard InChI is InChI=1S/C29H37N5O2/c1-20-17-21(2)34(32-20)26-7-3-5-24(18-26)27(19-28(35)36)33-15-12-22(13-16-33)8-10-25-11-9-23-6-4-14-30-29(23)31-25/h3,5,7,9,11,17-18,22,27H,4,6,8,10,12-16,19H2,1-2H3,(H,30,31)(H,35,36). The number of aliphatic carboxylic acids is 1. The number of carbonyl (C=O) groups is 1. The van der Waals surface area contributed by atoms with E-state index in [-0.39, 0.29) is 12.5 Å². The number of carboxylic acid groups (broad SMARTS) is 1. The SMILES string of the molecule is Cc1cc(C)n(-c2cccc(C(CC(=O)O)N3CCC(CCc4ccc5c(n4)NCCC5)CC3)c2)n1. The Labute approximate surface area is 213 Å². The van der Waals surface area contributed by atoms with Crippen LogP contribution in [0.1, 0.15) is 66.4 Å². The second-order valence-electron chi connectivity index (χ2n) is 10.4. The maximum Gasteiger partial charge on any atom is 0.305 e. The van der Waals surface area contributed by atoms with Crippen molar-refractivity contribution >= 4 is 11.8 Å². The molecule has 1 aromatic carbocycles. The number of nitrogens with zero attached hydrogens (tertiary/aromatic N) is 4. The summed E-state index contributed by atoms with van der Waals surface area (Å²) in [6.45, 7) is 6.90. The number of aryl methyl sites for hydroxylation is 4. The minimum absolute atomic E-state index is 0.108. The fourth-order valence-corrected chi connectivity index (χ4v) is 5.79. The molecule has 0 aliphatic carbocycles. The topological polar surface area (TPSA) is 83.3 Å². The van der Waals surface area contributed by atoms with Crippen LogP contribution < -0.4 is 5.32 Å². The summed E-state index contributed by atoms with van der Waals surface area (Å²) in [6.07, 6.45) is 6.74. The fraction of sp³-hybridized carbons (Fsp3) is 0.483. The first-order chi connectivity index (χ1) is 17.5. The Morgan fingerprint density at radius 3 is 2.75 bits per heavy atom. The quantitative estimate of drug-likeness (QED) is 0.460. The zero-order valence-electron chi connectivity index (χ0n) is 21.4. The highest BCUT2D eigenvalue weighted by atomic mass is 16.4. The first-order valence-electron chi connectivity index (χ1n) is 13.3. The van der Waals surface area contributed by atoms with Crippen molar-refractivity contribution in [1.82, 2.24) is 19.7 Å². The lowest BCUT2D eigenvalue weighted by atomic mass is 9.89. The summed E-state index contributed by atoms with van der Waals surface area (Å²) in [4.78, 5) is 19.0. The number of hydrogen-bond acceptors (Lipinski definition) is 5. The van der Waals surface area contributed by atoms with Crippen molar-refractivity contribution in [3.05, 3.63) is 70.7 Å². The summed E-state index contributed by atoms with van der Waals surface area (Å²) >= 11 is 0. The minimum atomic E-state index is -0.759. The zero-order chi connectivity index (χ0) is 25.1. The molecule has 1 fully saturated rings. The minimum Gasteiger partial charge on any atom is -0.481 e. The molecular formula is C29H37N5O2. The third kappa shape index (κ3) is 5.62. The summed E-state index contributed by atoms with van der Waals surface area (Å²) in [5.41, 5.74) is 6.59. The van der Waals surface area contributed by atoms with Crippen molar-refractivity contribution in [3.8, 4) is 5.69 Å². The highest BCUT2D eigenvalue weighted by Gasteiger charge is 2.28. The van der Waals surface area contributed by atoms with Crippen LogP contribution in [0.4, 0.5) is 5.82 Å². The third-order valence-electron chi connectivity index (χ3n) is 7.73. The van der Waals surface area contributed by atoms with Gasteiger partial charge in [-0.15, -0.1) is 0 Å². The van der Waals surface area contributed by atoms with Gasteiger partial charge >= 0.3 is 5.97 Å². The smallest absolute Gasteiger partial charge is 0.305 e.